The normalized spacial score (nSPS) is 11.1. The van der Waals surface area contributed by atoms with E-state index in [2.05, 4.69) is 26.6 Å². The predicted octanol–water partition coefficient (Wildman–Crippen LogP) is 6.95. The highest BCUT2D eigenvalue weighted by atomic mass is 79.9. The number of carbonyl (C=O) groups is 2. The summed E-state index contributed by atoms with van der Waals surface area (Å²) in [6.45, 7) is 5.40. The molecule has 1 aromatic heterocycles. The van der Waals surface area contributed by atoms with Crippen LogP contribution in [0.5, 0.6) is 0 Å². The maximum atomic E-state index is 12.9. The van der Waals surface area contributed by atoms with Crippen molar-refractivity contribution in [2.45, 2.75) is 32.8 Å². The number of ether oxygens (including phenoxy) is 1. The van der Waals surface area contributed by atoms with Gasteiger partial charge in [-0.25, -0.2) is 4.79 Å². The molecule has 0 bridgehead atoms. The van der Waals surface area contributed by atoms with E-state index in [0.717, 1.165) is 27.8 Å². The van der Waals surface area contributed by atoms with Crippen molar-refractivity contribution >= 4 is 50.6 Å². The number of amides is 2. The fraction of sp³-hybridized carbons (Fsp3) is 0.250. The molecule has 0 aliphatic carbocycles. The zero-order valence-corrected chi connectivity index (χ0v) is 20.1. The maximum Gasteiger partial charge on any atom is 0.412 e. The number of aryl methyl sites for hydroxylation is 1. The minimum absolute atomic E-state index is 0.249. The van der Waals surface area contributed by atoms with Crippen molar-refractivity contribution in [1.29, 1.82) is 0 Å². The largest absolute Gasteiger partial charge is 0.444 e. The van der Waals surface area contributed by atoms with Gasteiger partial charge < -0.3 is 10.1 Å². The Kier molecular flexibility index (Phi) is 7.51. The monoisotopic (exact) mass is 500 g/mol. The van der Waals surface area contributed by atoms with Crippen LogP contribution >= 0.6 is 27.3 Å². The van der Waals surface area contributed by atoms with E-state index in [4.69, 9.17) is 4.74 Å². The zero-order valence-electron chi connectivity index (χ0n) is 17.7. The number of alkyl halides is 1. The zero-order chi connectivity index (χ0) is 22.4. The van der Waals surface area contributed by atoms with Crippen LogP contribution in [0.1, 0.15) is 36.7 Å². The fourth-order valence-electron chi connectivity index (χ4n) is 2.89. The number of anilines is 2. The van der Waals surface area contributed by atoms with E-state index in [0.29, 0.717) is 16.9 Å². The molecule has 0 radical (unpaired) electrons. The second kappa shape index (κ2) is 10.1. The average Bonchev–Trinajstić information content (AvgIpc) is 3.23. The number of thiophene rings is 1. The Hall–Kier alpha value is -2.64. The Morgan fingerprint density at radius 1 is 1.00 bits per heavy atom. The van der Waals surface area contributed by atoms with E-state index in [-0.39, 0.29) is 5.91 Å². The number of halogens is 1. The van der Waals surface area contributed by atoms with Gasteiger partial charge in [-0.1, -0.05) is 40.2 Å². The lowest BCUT2D eigenvalue weighted by Gasteiger charge is -2.21. The molecule has 0 aliphatic rings. The molecule has 2 N–H and O–H groups in total. The number of rotatable bonds is 6. The molecule has 2 aromatic carbocycles. The second-order valence-corrected chi connectivity index (χ2v) is 9.70. The number of hydrogen-bond acceptors (Lipinski definition) is 4. The Morgan fingerprint density at radius 2 is 1.74 bits per heavy atom. The minimum atomic E-state index is -0.624. The molecule has 7 heteroatoms. The van der Waals surface area contributed by atoms with Gasteiger partial charge in [0, 0.05) is 15.8 Å². The average molecular weight is 501 g/mol. The Morgan fingerprint density at radius 3 is 2.35 bits per heavy atom. The molecule has 3 rings (SSSR count). The van der Waals surface area contributed by atoms with Crippen LogP contribution in [0.15, 0.2) is 60.0 Å². The Bertz CT molecular complexity index is 1040. The highest BCUT2D eigenvalue weighted by molar-refractivity contribution is 9.09. The van der Waals surface area contributed by atoms with Crippen LogP contribution in [0, 0.1) is 0 Å². The molecule has 162 valence electrons. The van der Waals surface area contributed by atoms with Crippen molar-refractivity contribution in [1.82, 2.24) is 0 Å². The quantitative estimate of drug-likeness (QED) is 0.359. The first-order chi connectivity index (χ1) is 14.7. The van der Waals surface area contributed by atoms with Crippen LogP contribution in [0.4, 0.5) is 16.2 Å². The van der Waals surface area contributed by atoms with Crippen LogP contribution in [0.2, 0.25) is 0 Å². The fourth-order valence-corrected chi connectivity index (χ4v) is 4.07. The van der Waals surface area contributed by atoms with Gasteiger partial charge in [-0.3, -0.25) is 10.1 Å². The van der Waals surface area contributed by atoms with Gasteiger partial charge >= 0.3 is 6.09 Å². The van der Waals surface area contributed by atoms with E-state index in [1.165, 1.54) is 0 Å². The lowest BCUT2D eigenvalue weighted by atomic mass is 10.1. The molecule has 5 nitrogen and oxygen atoms in total. The highest BCUT2D eigenvalue weighted by Crippen LogP contribution is 2.32. The third-order valence-corrected chi connectivity index (χ3v) is 5.62. The molecule has 3 aromatic rings. The lowest BCUT2D eigenvalue weighted by Crippen LogP contribution is -2.27. The van der Waals surface area contributed by atoms with Crippen molar-refractivity contribution in [3.05, 3.63) is 71.1 Å². The molecule has 0 fully saturated rings. The molecule has 2 amide bonds. The van der Waals surface area contributed by atoms with Gasteiger partial charge in [0.05, 0.1) is 11.4 Å². The minimum Gasteiger partial charge on any atom is -0.444 e. The van der Waals surface area contributed by atoms with E-state index >= 15 is 0 Å². The van der Waals surface area contributed by atoms with E-state index < -0.39 is 11.7 Å². The van der Waals surface area contributed by atoms with Crippen molar-refractivity contribution in [3.63, 3.8) is 0 Å². The van der Waals surface area contributed by atoms with Gasteiger partial charge in [0.1, 0.15) is 5.60 Å². The van der Waals surface area contributed by atoms with E-state index in [1.54, 1.807) is 50.3 Å². The highest BCUT2D eigenvalue weighted by Gasteiger charge is 2.18. The SMILES string of the molecule is CC(C)(C)OC(=O)Nc1ccc(-c2cccs2)cc1NC(=O)c1ccc(CCBr)cc1. The third-order valence-electron chi connectivity index (χ3n) is 4.31. The van der Waals surface area contributed by atoms with Crippen LogP contribution in [0.3, 0.4) is 0 Å². The summed E-state index contributed by atoms with van der Waals surface area (Å²) < 4.78 is 5.36. The second-order valence-electron chi connectivity index (χ2n) is 7.95. The Labute approximate surface area is 195 Å². The van der Waals surface area contributed by atoms with Gasteiger partial charge in [-0.2, -0.15) is 0 Å². The van der Waals surface area contributed by atoms with E-state index in [9.17, 15) is 9.59 Å². The summed E-state index contributed by atoms with van der Waals surface area (Å²) >= 11 is 5.03. The van der Waals surface area contributed by atoms with Gasteiger partial charge in [0.25, 0.3) is 5.91 Å². The van der Waals surface area contributed by atoms with Crippen molar-refractivity contribution in [3.8, 4) is 10.4 Å². The molecule has 0 unspecified atom stereocenters. The van der Waals surface area contributed by atoms with Gasteiger partial charge in [0.2, 0.25) is 0 Å². The Balaban J connectivity index is 1.86. The maximum absolute atomic E-state index is 12.9. The van der Waals surface area contributed by atoms with Gasteiger partial charge in [-0.15, -0.1) is 11.3 Å². The van der Waals surface area contributed by atoms with Crippen LogP contribution in [0.25, 0.3) is 10.4 Å². The summed E-state index contributed by atoms with van der Waals surface area (Å²) in [5, 5.41) is 8.54. The van der Waals surface area contributed by atoms with Crippen LogP contribution in [-0.2, 0) is 11.2 Å². The first kappa shape index (κ1) is 23.0. The topological polar surface area (TPSA) is 67.4 Å². The van der Waals surface area contributed by atoms with Crippen molar-refractivity contribution in [2.75, 3.05) is 16.0 Å². The summed E-state index contributed by atoms with van der Waals surface area (Å²) in [7, 11) is 0. The molecule has 0 spiro atoms. The molecule has 31 heavy (non-hydrogen) atoms. The van der Waals surface area contributed by atoms with Crippen LogP contribution < -0.4 is 10.6 Å². The molecule has 0 aliphatic heterocycles. The first-order valence-corrected chi connectivity index (χ1v) is 11.9. The molecular weight excluding hydrogens is 476 g/mol. The third kappa shape index (κ3) is 6.67. The standard InChI is InChI=1S/C24H25BrN2O3S/c1-24(2,3)30-23(29)27-19-11-10-18(21-5-4-14-31-21)15-20(19)26-22(28)17-8-6-16(7-9-17)12-13-25/h4-11,14-15H,12-13H2,1-3H3,(H,26,28)(H,27,29). The summed E-state index contributed by atoms with van der Waals surface area (Å²) in [6.07, 6.45) is 0.320. The van der Waals surface area contributed by atoms with Gasteiger partial charge in [-0.05, 0) is 74.0 Å². The van der Waals surface area contributed by atoms with Crippen molar-refractivity contribution < 1.29 is 14.3 Å². The van der Waals surface area contributed by atoms with Gasteiger partial charge in [0.15, 0.2) is 0 Å². The predicted molar refractivity (Wildman–Crippen MR) is 132 cm³/mol. The summed E-state index contributed by atoms with van der Waals surface area (Å²) in [4.78, 5) is 26.3. The van der Waals surface area contributed by atoms with Crippen molar-refractivity contribution in [2.24, 2.45) is 0 Å². The molecular formula is C24H25BrN2O3S. The smallest absolute Gasteiger partial charge is 0.412 e. The molecule has 0 saturated heterocycles. The first-order valence-electron chi connectivity index (χ1n) is 9.89. The summed E-state index contributed by atoms with van der Waals surface area (Å²) in [5.74, 6) is -0.249. The summed E-state index contributed by atoms with van der Waals surface area (Å²) in [6, 6.07) is 17.0. The summed E-state index contributed by atoms with van der Waals surface area (Å²) in [5.41, 5.74) is 3.00. The molecule has 0 saturated carbocycles. The number of nitrogens with one attached hydrogen (secondary N) is 2. The molecule has 1 heterocycles. The molecule has 0 atom stereocenters. The number of carbonyl (C=O) groups excluding carboxylic acids is 2. The van der Waals surface area contributed by atoms with Crippen LogP contribution in [-0.4, -0.2) is 22.9 Å². The lowest BCUT2D eigenvalue weighted by molar-refractivity contribution is 0.0635. The van der Waals surface area contributed by atoms with E-state index in [1.807, 2.05) is 41.8 Å². The number of hydrogen-bond donors (Lipinski definition) is 2. The number of benzene rings is 2.